The summed E-state index contributed by atoms with van der Waals surface area (Å²) in [5, 5.41) is 5.54. The Labute approximate surface area is 137 Å². The summed E-state index contributed by atoms with van der Waals surface area (Å²) in [5.74, 6) is -0.239. The molecule has 0 saturated carbocycles. The van der Waals surface area contributed by atoms with Crippen LogP contribution >= 0.6 is 0 Å². The van der Waals surface area contributed by atoms with Gasteiger partial charge in [-0.05, 0) is 51.1 Å². The van der Waals surface area contributed by atoms with Crippen LogP contribution in [0.5, 0.6) is 0 Å². The van der Waals surface area contributed by atoms with Crippen molar-refractivity contribution in [3.63, 3.8) is 0 Å². The quantitative estimate of drug-likeness (QED) is 0.894. The van der Waals surface area contributed by atoms with Crippen molar-refractivity contribution >= 4 is 17.5 Å². The number of hydrogen-bond acceptors (Lipinski definition) is 4. The van der Waals surface area contributed by atoms with Crippen molar-refractivity contribution < 1.29 is 18.0 Å². The number of hydrogen-bond donors (Lipinski definition) is 2. The van der Waals surface area contributed by atoms with Gasteiger partial charge in [0.05, 0.1) is 5.56 Å². The van der Waals surface area contributed by atoms with Gasteiger partial charge in [-0.15, -0.1) is 0 Å². The van der Waals surface area contributed by atoms with E-state index in [9.17, 15) is 18.0 Å². The van der Waals surface area contributed by atoms with Crippen LogP contribution < -0.4 is 10.6 Å². The molecule has 0 bridgehead atoms. The van der Waals surface area contributed by atoms with Crippen molar-refractivity contribution in [2.75, 3.05) is 5.32 Å². The summed E-state index contributed by atoms with van der Waals surface area (Å²) in [4.78, 5) is 20.1. The maximum Gasteiger partial charge on any atom is 0.416 e. The minimum absolute atomic E-state index is 0.122. The molecule has 5 nitrogen and oxygen atoms in total. The van der Waals surface area contributed by atoms with Crippen LogP contribution in [0, 0.1) is 0 Å². The minimum atomic E-state index is -4.39. The monoisotopic (exact) mass is 338 g/mol. The first-order valence-corrected chi connectivity index (χ1v) is 7.14. The third kappa shape index (κ3) is 4.94. The van der Waals surface area contributed by atoms with Gasteiger partial charge in [0.2, 0.25) is 5.95 Å². The highest BCUT2D eigenvalue weighted by molar-refractivity contribution is 5.92. The lowest BCUT2D eigenvalue weighted by Gasteiger charge is -2.20. The maximum absolute atomic E-state index is 12.5. The summed E-state index contributed by atoms with van der Waals surface area (Å²) < 4.78 is 37.6. The zero-order valence-corrected chi connectivity index (χ0v) is 13.4. The van der Waals surface area contributed by atoms with E-state index in [1.807, 2.05) is 20.8 Å². The van der Waals surface area contributed by atoms with Crippen LogP contribution in [0.2, 0.25) is 0 Å². The topological polar surface area (TPSA) is 66.9 Å². The molecule has 0 saturated heterocycles. The Morgan fingerprint density at radius 3 is 2.21 bits per heavy atom. The molecule has 2 aromatic rings. The third-order valence-corrected chi connectivity index (χ3v) is 2.85. The number of halogens is 3. The van der Waals surface area contributed by atoms with Crippen LogP contribution in [-0.4, -0.2) is 21.4 Å². The van der Waals surface area contributed by atoms with Crippen LogP contribution in [-0.2, 0) is 6.18 Å². The molecule has 0 radical (unpaired) electrons. The zero-order valence-electron chi connectivity index (χ0n) is 13.4. The molecule has 1 aromatic carbocycles. The number of carbonyl (C=O) groups excluding carboxylic acids is 1. The van der Waals surface area contributed by atoms with Gasteiger partial charge in [-0.2, -0.15) is 13.2 Å². The van der Waals surface area contributed by atoms with Gasteiger partial charge in [-0.3, -0.25) is 4.79 Å². The van der Waals surface area contributed by atoms with E-state index in [1.54, 1.807) is 0 Å². The lowest BCUT2D eigenvalue weighted by Crippen LogP contribution is -2.41. The number of alkyl halides is 3. The van der Waals surface area contributed by atoms with E-state index in [2.05, 4.69) is 20.6 Å². The Hall–Kier alpha value is -2.64. The van der Waals surface area contributed by atoms with E-state index in [0.717, 1.165) is 12.1 Å². The van der Waals surface area contributed by atoms with Gasteiger partial charge in [0, 0.05) is 17.4 Å². The molecule has 0 unspecified atom stereocenters. The van der Waals surface area contributed by atoms with Gasteiger partial charge in [-0.25, -0.2) is 9.97 Å². The normalized spacial score (nSPS) is 11.9. The Balaban J connectivity index is 2.13. The number of carbonyl (C=O) groups is 1. The first kappa shape index (κ1) is 17.7. The lowest BCUT2D eigenvalue weighted by molar-refractivity contribution is -0.137. The molecule has 1 amide bonds. The molecule has 0 aliphatic carbocycles. The Morgan fingerprint density at radius 1 is 1.04 bits per heavy atom. The summed E-state index contributed by atoms with van der Waals surface area (Å²) in [7, 11) is 0. The summed E-state index contributed by atoms with van der Waals surface area (Å²) in [6.45, 7) is 5.52. The van der Waals surface area contributed by atoms with E-state index in [-0.39, 0.29) is 17.5 Å². The second-order valence-corrected chi connectivity index (χ2v) is 6.17. The zero-order chi connectivity index (χ0) is 18.0. The number of amides is 1. The fourth-order valence-corrected chi connectivity index (χ4v) is 1.82. The molecule has 24 heavy (non-hydrogen) atoms. The van der Waals surface area contributed by atoms with Gasteiger partial charge in [0.15, 0.2) is 0 Å². The third-order valence-electron chi connectivity index (χ3n) is 2.85. The van der Waals surface area contributed by atoms with Crippen LogP contribution in [0.3, 0.4) is 0 Å². The number of rotatable bonds is 3. The highest BCUT2D eigenvalue weighted by Crippen LogP contribution is 2.30. The molecule has 2 rings (SSSR count). The molecule has 1 aromatic heterocycles. The molecule has 0 atom stereocenters. The van der Waals surface area contributed by atoms with Gasteiger partial charge in [-0.1, -0.05) is 0 Å². The van der Waals surface area contributed by atoms with Crippen molar-refractivity contribution in [3.05, 3.63) is 47.8 Å². The first-order chi connectivity index (χ1) is 11.0. The van der Waals surface area contributed by atoms with Crippen molar-refractivity contribution in [3.8, 4) is 0 Å². The second-order valence-electron chi connectivity index (χ2n) is 6.17. The van der Waals surface area contributed by atoms with Gasteiger partial charge in [0.1, 0.15) is 5.69 Å². The minimum Gasteiger partial charge on any atom is -0.346 e. The number of nitrogens with one attached hydrogen (secondary N) is 2. The molecule has 8 heteroatoms. The molecular formula is C16H17F3N4O. The van der Waals surface area contributed by atoms with E-state index >= 15 is 0 Å². The predicted molar refractivity (Wildman–Crippen MR) is 84.0 cm³/mol. The first-order valence-electron chi connectivity index (χ1n) is 7.14. The Bertz CT molecular complexity index is 721. The van der Waals surface area contributed by atoms with Gasteiger partial charge < -0.3 is 10.6 Å². The SMILES string of the molecule is CC(C)(C)NC(=O)c1ccnc(Nc2ccc(C(F)(F)F)cc2)n1. The molecule has 0 aliphatic rings. The Morgan fingerprint density at radius 2 is 1.67 bits per heavy atom. The highest BCUT2D eigenvalue weighted by atomic mass is 19.4. The van der Waals surface area contributed by atoms with Crippen molar-refractivity contribution in [2.24, 2.45) is 0 Å². The van der Waals surface area contributed by atoms with E-state index in [4.69, 9.17) is 0 Å². The largest absolute Gasteiger partial charge is 0.416 e. The summed E-state index contributed by atoms with van der Waals surface area (Å²) >= 11 is 0. The molecule has 128 valence electrons. The summed E-state index contributed by atoms with van der Waals surface area (Å²) in [6.07, 6.45) is -2.99. The highest BCUT2D eigenvalue weighted by Gasteiger charge is 2.29. The number of benzene rings is 1. The molecule has 0 fully saturated rings. The second kappa shape index (κ2) is 6.46. The van der Waals surface area contributed by atoms with Crippen LogP contribution in [0.15, 0.2) is 36.5 Å². The Kier molecular flexibility index (Phi) is 4.77. The average Bonchev–Trinajstić information content (AvgIpc) is 2.45. The van der Waals surface area contributed by atoms with Crippen molar-refractivity contribution in [2.45, 2.75) is 32.5 Å². The van der Waals surface area contributed by atoms with Crippen LogP contribution in [0.4, 0.5) is 24.8 Å². The molecule has 1 heterocycles. The van der Waals surface area contributed by atoms with Gasteiger partial charge >= 0.3 is 6.18 Å². The summed E-state index contributed by atoms with van der Waals surface area (Å²) in [5.41, 5.74) is -0.610. The molecular weight excluding hydrogens is 321 g/mol. The smallest absolute Gasteiger partial charge is 0.346 e. The average molecular weight is 338 g/mol. The van der Waals surface area contributed by atoms with Crippen molar-refractivity contribution in [1.29, 1.82) is 0 Å². The predicted octanol–water partition coefficient (Wildman–Crippen LogP) is 3.77. The van der Waals surface area contributed by atoms with Crippen LogP contribution in [0.1, 0.15) is 36.8 Å². The number of aromatic nitrogens is 2. The fraction of sp³-hybridized carbons (Fsp3) is 0.312. The van der Waals surface area contributed by atoms with E-state index < -0.39 is 17.3 Å². The number of nitrogens with zero attached hydrogens (tertiary/aromatic N) is 2. The lowest BCUT2D eigenvalue weighted by atomic mass is 10.1. The molecule has 0 aliphatic heterocycles. The fourth-order valence-electron chi connectivity index (χ4n) is 1.82. The van der Waals surface area contributed by atoms with Gasteiger partial charge in [0.25, 0.3) is 5.91 Å². The van der Waals surface area contributed by atoms with E-state index in [1.165, 1.54) is 24.4 Å². The molecule has 2 N–H and O–H groups in total. The number of anilines is 2. The summed E-state index contributed by atoms with van der Waals surface area (Å²) in [6, 6.07) is 5.91. The molecule has 0 spiro atoms. The standard InChI is InChI=1S/C16H17F3N4O/c1-15(2,3)23-13(24)12-8-9-20-14(22-12)21-11-6-4-10(5-7-11)16(17,18)19/h4-9H,1-3H3,(H,23,24)(H,20,21,22). The van der Waals surface area contributed by atoms with Crippen LogP contribution in [0.25, 0.3) is 0 Å². The van der Waals surface area contributed by atoms with Crippen molar-refractivity contribution in [1.82, 2.24) is 15.3 Å². The maximum atomic E-state index is 12.5. The van der Waals surface area contributed by atoms with E-state index in [0.29, 0.717) is 5.69 Å².